The van der Waals surface area contributed by atoms with E-state index in [0.717, 1.165) is 44.1 Å². The fourth-order valence-electron chi connectivity index (χ4n) is 2.08. The van der Waals surface area contributed by atoms with E-state index in [0.29, 0.717) is 11.3 Å². The smallest absolute Gasteiger partial charge is 0.134 e. The average Bonchev–Trinajstić information content (AvgIpc) is 2.37. The molecule has 2 rings (SSSR count). The van der Waals surface area contributed by atoms with Crippen molar-refractivity contribution in [2.75, 3.05) is 18.5 Å². The highest BCUT2D eigenvalue weighted by atomic mass is 35.5. The molecule has 1 N–H and O–H groups in total. The van der Waals surface area contributed by atoms with Crippen molar-refractivity contribution in [1.82, 2.24) is 9.97 Å². The van der Waals surface area contributed by atoms with Gasteiger partial charge in [-0.1, -0.05) is 18.5 Å². The Balaban J connectivity index is 1.91. The number of nitrogens with zero attached hydrogens (tertiary/aromatic N) is 2. The monoisotopic (exact) mass is 269 g/mol. The van der Waals surface area contributed by atoms with Crippen molar-refractivity contribution in [3.05, 3.63) is 17.0 Å². The summed E-state index contributed by atoms with van der Waals surface area (Å²) in [6.45, 7) is 3.77. The topological polar surface area (TPSA) is 47.0 Å². The lowest BCUT2D eigenvalue weighted by Gasteiger charge is -2.23. The van der Waals surface area contributed by atoms with Crippen LogP contribution in [0.15, 0.2) is 6.07 Å². The van der Waals surface area contributed by atoms with Crippen LogP contribution < -0.4 is 5.32 Å². The standard InChI is InChI=1S/C13H20ClN3O/c1-2-5-12-16-11(14)8-13(17-12)15-9-10-6-3-4-7-18-10/h8,10H,2-7,9H2,1H3,(H,15,16,17). The lowest BCUT2D eigenvalue weighted by atomic mass is 10.1. The van der Waals surface area contributed by atoms with Gasteiger partial charge in [0, 0.05) is 25.6 Å². The van der Waals surface area contributed by atoms with Crippen molar-refractivity contribution >= 4 is 17.4 Å². The zero-order valence-corrected chi connectivity index (χ0v) is 11.5. The van der Waals surface area contributed by atoms with Gasteiger partial charge in [-0.2, -0.15) is 0 Å². The molecule has 0 bridgehead atoms. The zero-order chi connectivity index (χ0) is 12.8. The molecule has 100 valence electrons. The van der Waals surface area contributed by atoms with Crippen molar-refractivity contribution in [3.8, 4) is 0 Å². The molecule has 18 heavy (non-hydrogen) atoms. The predicted molar refractivity (Wildman–Crippen MR) is 73.1 cm³/mol. The summed E-state index contributed by atoms with van der Waals surface area (Å²) in [5.41, 5.74) is 0. The van der Waals surface area contributed by atoms with Gasteiger partial charge in [0.05, 0.1) is 6.10 Å². The lowest BCUT2D eigenvalue weighted by Crippen LogP contribution is -2.27. The summed E-state index contributed by atoms with van der Waals surface area (Å²) in [6.07, 6.45) is 5.71. The van der Waals surface area contributed by atoms with Crippen molar-refractivity contribution in [1.29, 1.82) is 0 Å². The number of halogens is 1. The molecule has 0 amide bonds. The molecule has 1 unspecified atom stereocenters. The van der Waals surface area contributed by atoms with Crippen molar-refractivity contribution < 1.29 is 4.74 Å². The molecule has 1 saturated heterocycles. The van der Waals surface area contributed by atoms with Gasteiger partial charge < -0.3 is 10.1 Å². The molecule has 0 spiro atoms. The highest BCUT2D eigenvalue weighted by molar-refractivity contribution is 6.29. The van der Waals surface area contributed by atoms with Gasteiger partial charge in [0.2, 0.25) is 0 Å². The summed E-state index contributed by atoms with van der Waals surface area (Å²) < 4.78 is 5.67. The molecule has 1 aromatic rings. The van der Waals surface area contributed by atoms with Crippen LogP contribution in [0.25, 0.3) is 0 Å². The number of nitrogens with one attached hydrogen (secondary N) is 1. The number of ether oxygens (including phenoxy) is 1. The van der Waals surface area contributed by atoms with Crippen molar-refractivity contribution in [3.63, 3.8) is 0 Å². The first-order valence-corrected chi connectivity index (χ1v) is 7.04. The van der Waals surface area contributed by atoms with Gasteiger partial charge in [0.25, 0.3) is 0 Å². The molecule has 1 aromatic heterocycles. The van der Waals surface area contributed by atoms with Gasteiger partial charge >= 0.3 is 0 Å². The molecule has 1 fully saturated rings. The first-order valence-electron chi connectivity index (χ1n) is 6.67. The summed E-state index contributed by atoms with van der Waals surface area (Å²) in [4.78, 5) is 8.65. The molecule has 4 nitrogen and oxygen atoms in total. The predicted octanol–water partition coefficient (Wildman–Crippen LogP) is 3.06. The van der Waals surface area contributed by atoms with Gasteiger partial charge in [-0.05, 0) is 25.7 Å². The average molecular weight is 270 g/mol. The third kappa shape index (κ3) is 4.10. The quantitative estimate of drug-likeness (QED) is 0.835. The molecular weight excluding hydrogens is 250 g/mol. The Morgan fingerprint density at radius 1 is 1.44 bits per heavy atom. The van der Waals surface area contributed by atoms with E-state index in [2.05, 4.69) is 22.2 Å². The van der Waals surface area contributed by atoms with E-state index in [9.17, 15) is 0 Å². The van der Waals surface area contributed by atoms with E-state index in [1.54, 1.807) is 6.07 Å². The van der Waals surface area contributed by atoms with Crippen LogP contribution in [0.1, 0.15) is 38.4 Å². The Morgan fingerprint density at radius 2 is 2.33 bits per heavy atom. The Labute approximate surface area is 113 Å². The fourth-order valence-corrected chi connectivity index (χ4v) is 2.28. The number of aromatic nitrogens is 2. The minimum absolute atomic E-state index is 0.294. The van der Waals surface area contributed by atoms with E-state index >= 15 is 0 Å². The second-order valence-corrected chi connectivity index (χ2v) is 5.00. The van der Waals surface area contributed by atoms with Crippen LogP contribution in [0.2, 0.25) is 5.15 Å². The number of anilines is 1. The zero-order valence-electron chi connectivity index (χ0n) is 10.8. The second kappa shape index (κ2) is 6.90. The molecule has 1 aliphatic heterocycles. The van der Waals surface area contributed by atoms with Crippen LogP contribution in [0.5, 0.6) is 0 Å². The maximum atomic E-state index is 5.98. The maximum Gasteiger partial charge on any atom is 0.134 e. The molecule has 5 heteroatoms. The Bertz CT molecular complexity index is 380. The summed E-state index contributed by atoms with van der Waals surface area (Å²) in [7, 11) is 0. The molecule has 0 saturated carbocycles. The van der Waals surface area contributed by atoms with Crippen LogP contribution in [-0.2, 0) is 11.2 Å². The van der Waals surface area contributed by atoms with Crippen molar-refractivity contribution in [2.45, 2.75) is 45.1 Å². The van der Waals surface area contributed by atoms with E-state index in [4.69, 9.17) is 16.3 Å². The molecule has 0 radical (unpaired) electrons. The Morgan fingerprint density at radius 3 is 3.06 bits per heavy atom. The fraction of sp³-hybridized carbons (Fsp3) is 0.692. The van der Waals surface area contributed by atoms with Crippen molar-refractivity contribution in [2.24, 2.45) is 0 Å². The molecule has 0 aromatic carbocycles. The van der Waals surface area contributed by atoms with E-state index in [1.807, 2.05) is 0 Å². The Hall–Kier alpha value is -0.870. The molecular formula is C13H20ClN3O. The largest absolute Gasteiger partial charge is 0.376 e. The summed E-state index contributed by atoms with van der Waals surface area (Å²) in [5, 5.41) is 3.79. The van der Waals surface area contributed by atoms with Crippen LogP contribution in [0.3, 0.4) is 0 Å². The van der Waals surface area contributed by atoms with E-state index in [1.165, 1.54) is 12.8 Å². The number of hydrogen-bond acceptors (Lipinski definition) is 4. The van der Waals surface area contributed by atoms with Gasteiger partial charge in [-0.15, -0.1) is 0 Å². The van der Waals surface area contributed by atoms with Crippen LogP contribution >= 0.6 is 11.6 Å². The highest BCUT2D eigenvalue weighted by Crippen LogP contribution is 2.15. The first kappa shape index (κ1) is 13.6. The van der Waals surface area contributed by atoms with E-state index in [-0.39, 0.29) is 0 Å². The van der Waals surface area contributed by atoms with Gasteiger partial charge in [-0.3, -0.25) is 0 Å². The van der Waals surface area contributed by atoms with Gasteiger partial charge in [0.15, 0.2) is 0 Å². The third-order valence-electron chi connectivity index (χ3n) is 3.00. The molecule has 2 heterocycles. The van der Waals surface area contributed by atoms with E-state index < -0.39 is 0 Å². The molecule has 1 atom stereocenters. The second-order valence-electron chi connectivity index (χ2n) is 4.61. The van der Waals surface area contributed by atoms with Gasteiger partial charge in [-0.25, -0.2) is 9.97 Å². The molecule has 1 aliphatic rings. The van der Waals surface area contributed by atoms with Crippen LogP contribution in [0.4, 0.5) is 5.82 Å². The molecule has 0 aliphatic carbocycles. The van der Waals surface area contributed by atoms with Crippen LogP contribution in [-0.4, -0.2) is 29.2 Å². The van der Waals surface area contributed by atoms with Gasteiger partial charge in [0.1, 0.15) is 16.8 Å². The number of aryl methyl sites for hydroxylation is 1. The minimum atomic E-state index is 0.294. The maximum absolute atomic E-state index is 5.98. The normalized spacial score (nSPS) is 19.8. The minimum Gasteiger partial charge on any atom is -0.376 e. The SMILES string of the molecule is CCCc1nc(Cl)cc(NCC2CCCCO2)n1. The summed E-state index contributed by atoms with van der Waals surface area (Å²) >= 11 is 5.98. The lowest BCUT2D eigenvalue weighted by molar-refractivity contribution is 0.0247. The Kier molecular flexibility index (Phi) is 5.20. The summed E-state index contributed by atoms with van der Waals surface area (Å²) in [6, 6.07) is 1.77. The number of rotatable bonds is 5. The highest BCUT2D eigenvalue weighted by Gasteiger charge is 2.13. The van der Waals surface area contributed by atoms with Crippen LogP contribution in [0, 0.1) is 0 Å². The summed E-state index contributed by atoms with van der Waals surface area (Å²) in [5.74, 6) is 1.60. The number of hydrogen-bond donors (Lipinski definition) is 1. The third-order valence-corrected chi connectivity index (χ3v) is 3.19. The first-order chi connectivity index (χ1) is 8.78.